The molecule has 5 heteroatoms. The van der Waals surface area contributed by atoms with E-state index in [4.69, 9.17) is 4.74 Å². The van der Waals surface area contributed by atoms with E-state index in [9.17, 15) is 9.90 Å². The van der Waals surface area contributed by atoms with E-state index in [2.05, 4.69) is 17.3 Å². The monoisotopic (exact) mass is 260 g/mol. The summed E-state index contributed by atoms with van der Waals surface area (Å²) >= 11 is 0. The Morgan fingerprint density at radius 1 is 1.39 bits per heavy atom. The van der Waals surface area contributed by atoms with E-state index in [1.807, 2.05) is 6.92 Å². The van der Waals surface area contributed by atoms with Crippen LogP contribution in [0.25, 0.3) is 0 Å². The number of likely N-dealkylation sites (N-methyl/N-ethyl adjacent to an activating group) is 1. The summed E-state index contributed by atoms with van der Waals surface area (Å²) in [6, 6.07) is 0. The molecule has 1 unspecified atom stereocenters. The molecule has 0 bridgehead atoms. The second kappa shape index (κ2) is 9.30. The Hall–Kier alpha value is -0.650. The first kappa shape index (κ1) is 17.4. The van der Waals surface area contributed by atoms with Crippen molar-refractivity contribution in [1.29, 1.82) is 0 Å². The van der Waals surface area contributed by atoms with Gasteiger partial charge in [-0.2, -0.15) is 0 Å². The molecule has 1 atom stereocenters. The number of rotatable bonds is 11. The van der Waals surface area contributed by atoms with E-state index >= 15 is 0 Å². The number of aliphatic carboxylic acids is 1. The molecule has 0 aromatic carbocycles. The van der Waals surface area contributed by atoms with Crippen molar-refractivity contribution in [2.24, 2.45) is 0 Å². The van der Waals surface area contributed by atoms with Crippen molar-refractivity contribution in [2.75, 3.05) is 40.4 Å². The maximum Gasteiger partial charge on any atom is 0.323 e. The van der Waals surface area contributed by atoms with Crippen LogP contribution in [0.2, 0.25) is 0 Å². The minimum atomic E-state index is -0.803. The Morgan fingerprint density at radius 2 is 2.00 bits per heavy atom. The molecule has 2 N–H and O–H groups in total. The van der Waals surface area contributed by atoms with Crippen LogP contribution in [0.5, 0.6) is 0 Å². The van der Waals surface area contributed by atoms with E-state index < -0.39 is 11.5 Å². The van der Waals surface area contributed by atoms with E-state index in [-0.39, 0.29) is 0 Å². The van der Waals surface area contributed by atoms with Crippen molar-refractivity contribution < 1.29 is 14.6 Å². The maximum absolute atomic E-state index is 11.2. The lowest BCUT2D eigenvalue weighted by Crippen LogP contribution is -2.49. The van der Waals surface area contributed by atoms with Gasteiger partial charge in [0.05, 0.1) is 0 Å². The molecule has 0 aliphatic carbocycles. The molecule has 0 saturated carbocycles. The predicted molar refractivity (Wildman–Crippen MR) is 72.9 cm³/mol. The Bertz CT molecular complexity index is 236. The van der Waals surface area contributed by atoms with Crippen LogP contribution < -0.4 is 5.32 Å². The molecule has 0 fully saturated rings. The van der Waals surface area contributed by atoms with Gasteiger partial charge in [-0.15, -0.1) is 0 Å². The summed E-state index contributed by atoms with van der Waals surface area (Å²) < 4.78 is 5.00. The van der Waals surface area contributed by atoms with E-state index in [0.717, 1.165) is 32.5 Å². The molecule has 0 aliphatic rings. The Labute approximate surface area is 110 Å². The lowest BCUT2D eigenvalue weighted by molar-refractivity contribution is -0.144. The molecule has 0 saturated heterocycles. The number of hydrogen-bond acceptors (Lipinski definition) is 4. The number of carbonyl (C=O) groups is 1. The minimum Gasteiger partial charge on any atom is -0.480 e. The predicted octanol–water partition coefficient (Wildman–Crippen LogP) is 1.19. The van der Waals surface area contributed by atoms with Crippen LogP contribution in [0.4, 0.5) is 0 Å². The van der Waals surface area contributed by atoms with Crippen LogP contribution in [0.3, 0.4) is 0 Å². The van der Waals surface area contributed by atoms with Gasteiger partial charge < -0.3 is 20.1 Å². The smallest absolute Gasteiger partial charge is 0.323 e. The largest absolute Gasteiger partial charge is 0.480 e. The van der Waals surface area contributed by atoms with Gasteiger partial charge in [0.1, 0.15) is 5.54 Å². The third-order valence-electron chi connectivity index (χ3n) is 3.14. The summed E-state index contributed by atoms with van der Waals surface area (Å²) in [5.74, 6) is -0.772. The Morgan fingerprint density at radius 3 is 2.50 bits per heavy atom. The Balaban J connectivity index is 3.88. The SMILES string of the molecule is CCNC(C)(CCCN(C)CCCOC)C(=O)O. The van der Waals surface area contributed by atoms with Gasteiger partial charge in [0.2, 0.25) is 0 Å². The normalized spacial score (nSPS) is 14.7. The molecule has 0 heterocycles. The van der Waals surface area contributed by atoms with E-state index in [1.165, 1.54) is 0 Å². The van der Waals surface area contributed by atoms with Gasteiger partial charge in [0.25, 0.3) is 0 Å². The minimum absolute atomic E-state index is 0.644. The molecule has 0 aromatic heterocycles. The van der Waals surface area contributed by atoms with Crippen molar-refractivity contribution in [3.63, 3.8) is 0 Å². The highest BCUT2D eigenvalue weighted by atomic mass is 16.5. The van der Waals surface area contributed by atoms with Gasteiger partial charge >= 0.3 is 5.97 Å². The van der Waals surface area contributed by atoms with Crippen molar-refractivity contribution in [3.8, 4) is 0 Å². The van der Waals surface area contributed by atoms with Crippen LogP contribution in [0.1, 0.15) is 33.1 Å². The van der Waals surface area contributed by atoms with Crippen LogP contribution >= 0.6 is 0 Å². The lowest BCUT2D eigenvalue weighted by Gasteiger charge is -2.26. The fourth-order valence-electron chi connectivity index (χ4n) is 1.95. The van der Waals surface area contributed by atoms with Crippen LogP contribution in [0.15, 0.2) is 0 Å². The molecular formula is C13H28N2O3. The maximum atomic E-state index is 11.2. The van der Waals surface area contributed by atoms with Crippen molar-refractivity contribution in [2.45, 2.75) is 38.6 Å². The molecule has 0 rings (SSSR count). The topological polar surface area (TPSA) is 61.8 Å². The van der Waals surface area contributed by atoms with Gasteiger partial charge in [-0.25, -0.2) is 0 Å². The van der Waals surface area contributed by atoms with E-state index in [0.29, 0.717) is 13.0 Å². The van der Waals surface area contributed by atoms with Crippen molar-refractivity contribution in [3.05, 3.63) is 0 Å². The third kappa shape index (κ3) is 6.93. The molecular weight excluding hydrogens is 232 g/mol. The zero-order valence-electron chi connectivity index (χ0n) is 12.2. The van der Waals surface area contributed by atoms with E-state index in [1.54, 1.807) is 14.0 Å². The number of hydrogen-bond donors (Lipinski definition) is 2. The fourth-order valence-corrected chi connectivity index (χ4v) is 1.95. The number of carboxylic acids is 1. The van der Waals surface area contributed by atoms with Gasteiger partial charge in [0.15, 0.2) is 0 Å². The second-order valence-electron chi connectivity index (χ2n) is 4.92. The second-order valence-corrected chi connectivity index (χ2v) is 4.92. The first-order valence-corrected chi connectivity index (χ1v) is 6.62. The highest BCUT2D eigenvalue weighted by molar-refractivity contribution is 5.78. The average Bonchev–Trinajstić information content (AvgIpc) is 2.29. The molecule has 0 spiro atoms. The third-order valence-corrected chi connectivity index (χ3v) is 3.14. The zero-order chi connectivity index (χ0) is 14.0. The average molecular weight is 260 g/mol. The summed E-state index contributed by atoms with van der Waals surface area (Å²) in [6.45, 7) is 7.03. The number of nitrogens with zero attached hydrogens (tertiary/aromatic N) is 1. The molecule has 108 valence electrons. The van der Waals surface area contributed by atoms with Gasteiger partial charge in [0, 0.05) is 20.3 Å². The fraction of sp³-hybridized carbons (Fsp3) is 0.923. The van der Waals surface area contributed by atoms with Gasteiger partial charge in [-0.3, -0.25) is 4.79 Å². The van der Waals surface area contributed by atoms with Gasteiger partial charge in [-0.1, -0.05) is 6.92 Å². The summed E-state index contributed by atoms with van der Waals surface area (Å²) in [4.78, 5) is 13.4. The molecule has 0 aliphatic heterocycles. The highest BCUT2D eigenvalue weighted by Crippen LogP contribution is 2.13. The zero-order valence-corrected chi connectivity index (χ0v) is 12.2. The lowest BCUT2D eigenvalue weighted by atomic mass is 9.95. The number of methoxy groups -OCH3 is 1. The van der Waals surface area contributed by atoms with Gasteiger partial charge in [-0.05, 0) is 46.3 Å². The van der Waals surface area contributed by atoms with Crippen LogP contribution in [0, 0.1) is 0 Å². The first-order chi connectivity index (χ1) is 8.46. The molecule has 5 nitrogen and oxygen atoms in total. The van der Waals surface area contributed by atoms with Crippen LogP contribution in [-0.2, 0) is 9.53 Å². The number of nitrogens with one attached hydrogen (secondary N) is 1. The van der Waals surface area contributed by atoms with Crippen molar-refractivity contribution in [1.82, 2.24) is 10.2 Å². The standard InChI is InChI=1S/C13H28N2O3/c1-5-14-13(2,12(16)17)8-6-9-15(3)10-7-11-18-4/h14H,5-11H2,1-4H3,(H,16,17). The highest BCUT2D eigenvalue weighted by Gasteiger charge is 2.31. The number of ether oxygens (including phenoxy) is 1. The summed E-state index contributed by atoms with van der Waals surface area (Å²) in [6.07, 6.45) is 2.53. The molecule has 18 heavy (non-hydrogen) atoms. The summed E-state index contributed by atoms with van der Waals surface area (Å²) in [7, 11) is 3.76. The van der Waals surface area contributed by atoms with Crippen LogP contribution in [-0.4, -0.2) is 61.9 Å². The Kier molecular flexibility index (Phi) is 8.97. The molecule has 0 amide bonds. The first-order valence-electron chi connectivity index (χ1n) is 6.62. The summed E-state index contributed by atoms with van der Waals surface area (Å²) in [5, 5.41) is 12.3. The molecule has 0 radical (unpaired) electrons. The number of carboxylic acid groups (broad SMARTS) is 1. The van der Waals surface area contributed by atoms with Crippen molar-refractivity contribution >= 4 is 5.97 Å². The summed E-state index contributed by atoms with van der Waals surface area (Å²) in [5.41, 5.74) is -0.803. The molecule has 0 aromatic rings. The quantitative estimate of drug-likeness (QED) is 0.546.